The van der Waals surface area contributed by atoms with Gasteiger partial charge in [-0.15, -0.1) is 20.2 Å². The maximum Gasteiger partial charge on any atom is 0.330 e. The van der Waals surface area contributed by atoms with E-state index in [4.69, 9.17) is 11.6 Å². The normalized spacial score (nSPS) is 9.53. The van der Waals surface area contributed by atoms with Crippen LogP contribution in [0.2, 0.25) is 0 Å². The van der Waals surface area contributed by atoms with Crippen LogP contribution in [0.25, 0.3) is 0 Å². The molecule has 0 fully saturated rings. The molecule has 0 bridgehead atoms. The lowest BCUT2D eigenvalue weighted by atomic mass is 10.3. The van der Waals surface area contributed by atoms with E-state index in [9.17, 15) is 4.79 Å². The van der Waals surface area contributed by atoms with Crippen LogP contribution in [0.5, 0.6) is 0 Å². The van der Waals surface area contributed by atoms with Gasteiger partial charge in [0.1, 0.15) is 0 Å². The quantitative estimate of drug-likeness (QED) is 0.228. The van der Waals surface area contributed by atoms with Crippen LogP contribution in [0, 0.1) is 0 Å². The van der Waals surface area contributed by atoms with Crippen LogP contribution in [-0.2, 0) is 9.53 Å². The molecule has 0 aliphatic heterocycles. The molecule has 0 radical (unpaired) electrons. The molecule has 4 heteroatoms. The Morgan fingerprint density at radius 1 is 1.53 bits per heavy atom. The minimum atomic E-state index is -0.326. The van der Waals surface area contributed by atoms with E-state index < -0.39 is 0 Å². The molecule has 0 aromatic rings. The van der Waals surface area contributed by atoms with Crippen molar-refractivity contribution < 1.29 is 9.53 Å². The molecule has 90 valence electrons. The van der Waals surface area contributed by atoms with Crippen LogP contribution in [0.4, 0.5) is 0 Å². The first-order chi connectivity index (χ1) is 7.22. The number of esters is 1. The molecule has 0 aliphatic carbocycles. The molecule has 0 N–H and O–H groups in total. The fourth-order valence-electron chi connectivity index (χ4n) is 0.657. The molecule has 0 saturated carbocycles. The largest absolute Gasteiger partial charge is 0.462 e. The molecule has 0 rings (SSSR count). The molecule has 0 amide bonds. The van der Waals surface area contributed by atoms with Gasteiger partial charge >= 0.3 is 5.97 Å². The highest BCUT2D eigenvalue weighted by Crippen LogP contribution is 1.99. The van der Waals surface area contributed by atoms with Gasteiger partial charge in [0.15, 0.2) is 0 Å². The lowest BCUT2D eigenvalue weighted by Gasteiger charge is -1.97. The molecular weight excluding hydrogens is 231 g/mol. The Hall–Kier alpha value is -0.0700. The van der Waals surface area contributed by atoms with Crippen LogP contribution in [0.1, 0.15) is 26.2 Å². The maximum absolute atomic E-state index is 10.3. The highest BCUT2D eigenvalue weighted by atomic mass is 35.5. The van der Waals surface area contributed by atoms with E-state index in [2.05, 4.69) is 24.9 Å². The van der Waals surface area contributed by atoms with Crippen LogP contribution in [-0.4, -0.2) is 31.3 Å². The molecule has 2 nitrogen and oxygen atoms in total. The van der Waals surface area contributed by atoms with Crippen molar-refractivity contribution in [3.8, 4) is 0 Å². The summed E-state index contributed by atoms with van der Waals surface area (Å²) in [6, 6.07) is 0. The van der Waals surface area contributed by atoms with Crippen LogP contribution >= 0.6 is 20.2 Å². The van der Waals surface area contributed by atoms with Gasteiger partial charge in [0, 0.05) is 12.0 Å². The number of carbonyl (C=O) groups excluding carboxylic acids is 1. The molecule has 0 aromatic heterocycles. The fourth-order valence-corrected chi connectivity index (χ4v) is 1.15. The third-order valence-corrected chi connectivity index (χ3v) is 2.47. The third kappa shape index (κ3) is 20.1. The summed E-state index contributed by atoms with van der Waals surface area (Å²) in [7, 11) is 0.847. The van der Waals surface area contributed by atoms with Crippen molar-refractivity contribution in [2.45, 2.75) is 26.2 Å². The second kappa shape index (κ2) is 16.4. The van der Waals surface area contributed by atoms with E-state index in [0.717, 1.165) is 20.6 Å². The molecule has 1 unspecified atom stereocenters. The Bertz CT molecular complexity index is 148. The van der Waals surface area contributed by atoms with Crippen molar-refractivity contribution in [1.29, 1.82) is 0 Å². The summed E-state index contributed by atoms with van der Waals surface area (Å²) in [6.45, 7) is 8.04. The predicted octanol–water partition coefficient (Wildman–Crippen LogP) is 3.44. The lowest BCUT2D eigenvalue weighted by molar-refractivity contribution is -0.137. The smallest absolute Gasteiger partial charge is 0.330 e. The first kappa shape index (κ1) is 17.3. The van der Waals surface area contributed by atoms with Gasteiger partial charge in [-0.05, 0) is 19.2 Å². The number of hydrogen-bond acceptors (Lipinski definition) is 2. The molecule has 0 aromatic carbocycles. The van der Waals surface area contributed by atoms with E-state index in [1.165, 1.54) is 25.3 Å². The topological polar surface area (TPSA) is 26.3 Å². The highest BCUT2D eigenvalue weighted by Gasteiger charge is 1.91. The Balaban J connectivity index is 0. The maximum atomic E-state index is 10.3. The van der Waals surface area contributed by atoms with E-state index in [-0.39, 0.29) is 5.97 Å². The third-order valence-electron chi connectivity index (χ3n) is 1.50. The van der Waals surface area contributed by atoms with Gasteiger partial charge < -0.3 is 4.74 Å². The Labute approximate surface area is 100 Å². The predicted molar refractivity (Wildman–Crippen MR) is 70.5 cm³/mol. The van der Waals surface area contributed by atoms with Crippen molar-refractivity contribution in [3.63, 3.8) is 0 Å². The summed E-state index contributed by atoms with van der Waals surface area (Å²) < 4.78 is 4.68. The summed E-state index contributed by atoms with van der Waals surface area (Å²) in [4.78, 5) is 10.3. The monoisotopic (exact) mass is 252 g/mol. The number of hydrogen-bond donors (Lipinski definition) is 0. The summed E-state index contributed by atoms with van der Waals surface area (Å²) in [6.07, 6.45) is 5.87. The summed E-state index contributed by atoms with van der Waals surface area (Å²) in [5, 5.41) is 0. The van der Waals surface area contributed by atoms with E-state index >= 15 is 0 Å². The molecule has 0 heterocycles. The van der Waals surface area contributed by atoms with Crippen LogP contribution in [0.15, 0.2) is 12.7 Å². The molecular formula is C11H22ClO2P. The number of rotatable bonds is 7. The second-order valence-corrected chi connectivity index (χ2v) is 4.46. The molecule has 0 saturated heterocycles. The second-order valence-electron chi connectivity index (χ2n) is 2.87. The van der Waals surface area contributed by atoms with E-state index in [1.54, 1.807) is 0 Å². The van der Waals surface area contributed by atoms with Gasteiger partial charge in [-0.3, -0.25) is 0 Å². The van der Waals surface area contributed by atoms with Crippen molar-refractivity contribution in [2.24, 2.45) is 0 Å². The van der Waals surface area contributed by atoms with Crippen molar-refractivity contribution in [3.05, 3.63) is 12.7 Å². The SMILES string of the molecule is C=CC(=O)OCCPC.CCCCCCl. The van der Waals surface area contributed by atoms with Gasteiger partial charge in [0.05, 0.1) is 6.61 Å². The lowest BCUT2D eigenvalue weighted by Crippen LogP contribution is -2.02. The summed E-state index contributed by atoms with van der Waals surface area (Å²) in [5.74, 6) is 0.502. The molecule has 0 aliphatic rings. The zero-order valence-electron chi connectivity index (χ0n) is 9.72. The number of unbranched alkanes of at least 4 members (excludes halogenated alkanes) is 2. The molecule has 0 spiro atoms. The standard InChI is InChI=1S/C6H11O2P.C5H11Cl/c1-3-6(7)8-4-5-9-2;1-2-3-4-5-6/h3,9H,1,4-5H2,2H3;2-5H2,1H3. The van der Waals surface area contributed by atoms with Gasteiger partial charge in [-0.25, -0.2) is 4.79 Å². The first-order valence-corrected chi connectivity index (χ1v) is 7.46. The highest BCUT2D eigenvalue weighted by molar-refractivity contribution is 7.37. The number of halogens is 1. The van der Waals surface area contributed by atoms with Crippen molar-refractivity contribution in [1.82, 2.24) is 0 Å². The minimum absolute atomic E-state index is 0.326. The first-order valence-electron chi connectivity index (χ1n) is 5.22. The van der Waals surface area contributed by atoms with Gasteiger partial charge in [-0.1, -0.05) is 26.3 Å². The Kier molecular flexibility index (Phi) is 18.9. The summed E-state index contributed by atoms with van der Waals surface area (Å²) in [5.41, 5.74) is 0. The van der Waals surface area contributed by atoms with E-state index in [0.29, 0.717) is 6.61 Å². The van der Waals surface area contributed by atoms with Gasteiger partial charge in [0.25, 0.3) is 0 Å². The molecule has 15 heavy (non-hydrogen) atoms. The zero-order valence-corrected chi connectivity index (χ0v) is 11.5. The van der Waals surface area contributed by atoms with Crippen molar-refractivity contribution >= 4 is 26.2 Å². The van der Waals surface area contributed by atoms with Crippen LogP contribution < -0.4 is 0 Å². The fraction of sp³-hybridized carbons (Fsp3) is 0.727. The molecule has 1 atom stereocenters. The van der Waals surface area contributed by atoms with Gasteiger partial charge in [0.2, 0.25) is 0 Å². The van der Waals surface area contributed by atoms with E-state index in [1.807, 2.05) is 0 Å². The Morgan fingerprint density at radius 3 is 2.53 bits per heavy atom. The number of ether oxygens (including phenoxy) is 1. The number of alkyl halides is 1. The Morgan fingerprint density at radius 2 is 2.20 bits per heavy atom. The van der Waals surface area contributed by atoms with Crippen molar-refractivity contribution in [2.75, 3.05) is 25.3 Å². The number of carbonyl (C=O) groups is 1. The van der Waals surface area contributed by atoms with Crippen LogP contribution in [0.3, 0.4) is 0 Å². The van der Waals surface area contributed by atoms with Gasteiger partial charge in [-0.2, -0.15) is 0 Å². The summed E-state index contributed by atoms with van der Waals surface area (Å²) >= 11 is 5.38. The average Bonchev–Trinajstić information content (AvgIpc) is 2.27. The minimum Gasteiger partial charge on any atom is -0.462 e. The zero-order chi connectivity index (χ0) is 11.9. The average molecular weight is 253 g/mol.